The molecule has 3 N–H and O–H groups in total. The zero-order chi connectivity index (χ0) is 13.2. The van der Waals surface area contributed by atoms with Crippen LogP contribution in [0.5, 0.6) is 5.88 Å². The highest BCUT2D eigenvalue weighted by Gasteiger charge is 2.15. The number of nitrogens with one attached hydrogen (secondary N) is 1. The van der Waals surface area contributed by atoms with E-state index in [1.54, 1.807) is 18.5 Å². The minimum atomic E-state index is -0.324. The van der Waals surface area contributed by atoms with E-state index in [2.05, 4.69) is 15.0 Å². The molecule has 2 rings (SSSR count). The van der Waals surface area contributed by atoms with E-state index in [1.807, 2.05) is 26.8 Å². The molecule has 0 saturated heterocycles. The van der Waals surface area contributed by atoms with Gasteiger partial charge in [-0.05, 0) is 44.7 Å². The maximum absolute atomic E-state index is 5.85. The standard InChI is InChI=1S/C12H16N4OS/c1-12(2,3)17-10-8(13)4-5-9(16-10)18-11-14-6-7-15-11/h4-7H,13H2,1-3H3,(H,14,15). The molecule has 0 bridgehead atoms. The first-order valence-corrected chi connectivity index (χ1v) is 6.38. The van der Waals surface area contributed by atoms with Crippen molar-refractivity contribution < 1.29 is 4.74 Å². The summed E-state index contributed by atoms with van der Waals surface area (Å²) >= 11 is 1.43. The van der Waals surface area contributed by atoms with E-state index < -0.39 is 0 Å². The summed E-state index contributed by atoms with van der Waals surface area (Å²) in [6, 6.07) is 3.64. The summed E-state index contributed by atoms with van der Waals surface area (Å²) in [5.74, 6) is 0.457. The highest BCUT2D eigenvalue weighted by atomic mass is 32.2. The zero-order valence-corrected chi connectivity index (χ0v) is 11.4. The Labute approximate surface area is 110 Å². The molecule has 0 aliphatic carbocycles. The van der Waals surface area contributed by atoms with E-state index >= 15 is 0 Å². The molecular weight excluding hydrogens is 248 g/mol. The molecule has 5 nitrogen and oxygen atoms in total. The Bertz CT molecular complexity index is 519. The van der Waals surface area contributed by atoms with E-state index in [-0.39, 0.29) is 5.60 Å². The highest BCUT2D eigenvalue weighted by Crippen LogP contribution is 2.29. The third-order valence-corrected chi connectivity index (χ3v) is 2.79. The lowest BCUT2D eigenvalue weighted by Gasteiger charge is -2.21. The van der Waals surface area contributed by atoms with Gasteiger partial charge in [0.2, 0.25) is 5.88 Å². The lowest BCUT2D eigenvalue weighted by Crippen LogP contribution is -2.24. The highest BCUT2D eigenvalue weighted by molar-refractivity contribution is 7.99. The summed E-state index contributed by atoms with van der Waals surface area (Å²) in [6.07, 6.45) is 3.47. The van der Waals surface area contributed by atoms with Crippen molar-refractivity contribution in [2.24, 2.45) is 0 Å². The number of aromatic amines is 1. The van der Waals surface area contributed by atoms with Gasteiger partial charge in [0.25, 0.3) is 0 Å². The SMILES string of the molecule is CC(C)(C)Oc1nc(Sc2ncc[nH]2)ccc1N. The van der Waals surface area contributed by atoms with Crippen molar-refractivity contribution in [3.8, 4) is 5.88 Å². The molecule has 0 atom stereocenters. The maximum Gasteiger partial charge on any atom is 0.238 e. The van der Waals surface area contributed by atoms with Crippen LogP contribution in [-0.2, 0) is 0 Å². The molecular formula is C12H16N4OS. The summed E-state index contributed by atoms with van der Waals surface area (Å²) < 4.78 is 5.71. The van der Waals surface area contributed by atoms with E-state index in [1.165, 1.54) is 11.8 Å². The number of imidazole rings is 1. The molecule has 2 aromatic heterocycles. The summed E-state index contributed by atoms with van der Waals surface area (Å²) in [6.45, 7) is 5.88. The van der Waals surface area contributed by atoms with Gasteiger partial charge in [0.1, 0.15) is 10.6 Å². The van der Waals surface area contributed by atoms with Gasteiger partial charge in [-0.1, -0.05) is 0 Å². The maximum atomic E-state index is 5.85. The molecule has 0 saturated carbocycles. The van der Waals surface area contributed by atoms with E-state index in [0.717, 1.165) is 10.2 Å². The number of nitrogens with two attached hydrogens (primary N) is 1. The third kappa shape index (κ3) is 3.40. The predicted molar refractivity (Wildman–Crippen MR) is 71.7 cm³/mol. The van der Waals surface area contributed by atoms with Crippen LogP contribution >= 0.6 is 11.8 Å². The average Bonchev–Trinajstić information content (AvgIpc) is 2.74. The van der Waals surface area contributed by atoms with Gasteiger partial charge in [-0.3, -0.25) is 0 Å². The monoisotopic (exact) mass is 264 g/mol. The van der Waals surface area contributed by atoms with Crippen molar-refractivity contribution in [3.05, 3.63) is 24.5 Å². The quantitative estimate of drug-likeness (QED) is 0.891. The van der Waals surface area contributed by atoms with Crippen LogP contribution in [0.1, 0.15) is 20.8 Å². The molecule has 2 aromatic rings. The Morgan fingerprint density at radius 2 is 2.11 bits per heavy atom. The largest absolute Gasteiger partial charge is 0.470 e. The van der Waals surface area contributed by atoms with E-state index in [0.29, 0.717) is 11.6 Å². The van der Waals surface area contributed by atoms with Crippen LogP contribution in [-0.4, -0.2) is 20.6 Å². The average molecular weight is 264 g/mol. The molecule has 0 unspecified atom stereocenters. The number of nitrogen functional groups attached to an aromatic ring is 1. The van der Waals surface area contributed by atoms with Crippen molar-refractivity contribution in [1.29, 1.82) is 0 Å². The van der Waals surface area contributed by atoms with Gasteiger partial charge in [0.05, 0.1) is 5.69 Å². The number of aromatic nitrogens is 3. The van der Waals surface area contributed by atoms with Crippen LogP contribution in [0.4, 0.5) is 5.69 Å². The van der Waals surface area contributed by atoms with Crippen LogP contribution in [0.15, 0.2) is 34.7 Å². The number of hydrogen-bond acceptors (Lipinski definition) is 5. The van der Waals surface area contributed by atoms with Gasteiger partial charge in [0, 0.05) is 12.4 Å². The fourth-order valence-corrected chi connectivity index (χ4v) is 1.97. The first-order valence-electron chi connectivity index (χ1n) is 5.57. The van der Waals surface area contributed by atoms with Crippen molar-refractivity contribution in [1.82, 2.24) is 15.0 Å². The second-order valence-corrected chi connectivity index (χ2v) is 5.76. The van der Waals surface area contributed by atoms with Crippen LogP contribution in [0.25, 0.3) is 0 Å². The van der Waals surface area contributed by atoms with Crippen molar-refractivity contribution in [2.75, 3.05) is 5.73 Å². The number of nitrogens with zero attached hydrogens (tertiary/aromatic N) is 2. The number of pyridine rings is 1. The van der Waals surface area contributed by atoms with Gasteiger partial charge >= 0.3 is 0 Å². The number of hydrogen-bond donors (Lipinski definition) is 2. The minimum Gasteiger partial charge on any atom is -0.470 e. The van der Waals surface area contributed by atoms with Gasteiger partial charge in [-0.15, -0.1) is 0 Å². The van der Waals surface area contributed by atoms with Gasteiger partial charge in [-0.2, -0.15) is 0 Å². The van der Waals surface area contributed by atoms with E-state index in [9.17, 15) is 0 Å². The minimum absolute atomic E-state index is 0.324. The second-order valence-electron chi connectivity index (χ2n) is 4.75. The summed E-state index contributed by atoms with van der Waals surface area (Å²) in [5, 5.41) is 1.58. The molecule has 2 heterocycles. The smallest absolute Gasteiger partial charge is 0.238 e. The van der Waals surface area contributed by atoms with Gasteiger partial charge in [0.15, 0.2) is 5.16 Å². The fourth-order valence-electron chi connectivity index (χ4n) is 1.27. The van der Waals surface area contributed by atoms with Gasteiger partial charge in [-0.25, -0.2) is 9.97 Å². The summed E-state index contributed by atoms with van der Waals surface area (Å²) in [5.41, 5.74) is 6.06. The topological polar surface area (TPSA) is 76.8 Å². The molecule has 0 aromatic carbocycles. The first-order chi connectivity index (χ1) is 8.44. The molecule has 6 heteroatoms. The Morgan fingerprint density at radius 1 is 1.33 bits per heavy atom. The van der Waals surface area contributed by atoms with Crippen LogP contribution in [0, 0.1) is 0 Å². The lowest BCUT2D eigenvalue weighted by molar-refractivity contribution is 0.124. The lowest BCUT2D eigenvalue weighted by atomic mass is 10.2. The fraction of sp³-hybridized carbons (Fsp3) is 0.333. The number of ether oxygens (including phenoxy) is 1. The molecule has 0 amide bonds. The third-order valence-electron chi connectivity index (χ3n) is 1.94. The van der Waals surface area contributed by atoms with E-state index in [4.69, 9.17) is 10.5 Å². The Hall–Kier alpha value is -1.69. The molecule has 0 spiro atoms. The molecule has 96 valence electrons. The number of rotatable bonds is 3. The summed E-state index contributed by atoms with van der Waals surface area (Å²) in [7, 11) is 0. The number of anilines is 1. The summed E-state index contributed by atoms with van der Waals surface area (Å²) in [4.78, 5) is 11.5. The molecule has 0 aliphatic rings. The molecule has 0 radical (unpaired) electrons. The van der Waals surface area contributed by atoms with Crippen molar-refractivity contribution in [2.45, 2.75) is 36.6 Å². The van der Waals surface area contributed by atoms with Crippen LogP contribution in [0.3, 0.4) is 0 Å². The second kappa shape index (κ2) is 4.89. The Kier molecular flexibility index (Phi) is 3.47. The van der Waals surface area contributed by atoms with Crippen molar-refractivity contribution >= 4 is 17.4 Å². The molecule has 0 fully saturated rings. The van der Waals surface area contributed by atoms with Gasteiger partial charge < -0.3 is 15.5 Å². The van der Waals surface area contributed by atoms with Crippen LogP contribution < -0.4 is 10.5 Å². The first kappa shape index (κ1) is 12.8. The van der Waals surface area contributed by atoms with Crippen molar-refractivity contribution in [3.63, 3.8) is 0 Å². The zero-order valence-electron chi connectivity index (χ0n) is 10.6. The number of H-pyrrole nitrogens is 1. The normalized spacial score (nSPS) is 11.5. The predicted octanol–water partition coefficient (Wildman–Crippen LogP) is 2.72. The Balaban J connectivity index is 2.21. The molecule has 0 aliphatic heterocycles. The molecule has 18 heavy (non-hydrogen) atoms. The Morgan fingerprint density at radius 3 is 2.72 bits per heavy atom. The van der Waals surface area contributed by atoms with Crippen LogP contribution in [0.2, 0.25) is 0 Å².